The van der Waals surface area contributed by atoms with Crippen molar-refractivity contribution in [2.75, 3.05) is 19.8 Å². The second-order valence-corrected chi connectivity index (χ2v) is 3.25. The number of esters is 2. The second kappa shape index (κ2) is 8.62. The topological polar surface area (TPSA) is 90.0 Å². The summed E-state index contributed by atoms with van der Waals surface area (Å²) in [6.45, 7) is 6.66. The predicted molar refractivity (Wildman–Crippen MR) is 64.7 cm³/mol. The highest BCUT2D eigenvalue weighted by molar-refractivity contribution is 5.96. The number of rotatable bonds is 7. The molecule has 0 radical (unpaired) electrons. The second-order valence-electron chi connectivity index (χ2n) is 3.25. The van der Waals surface area contributed by atoms with Gasteiger partial charge < -0.3 is 9.47 Å². The van der Waals surface area contributed by atoms with E-state index in [1.165, 1.54) is 6.92 Å². The molecular weight excluding hydrogens is 254 g/mol. The van der Waals surface area contributed by atoms with Gasteiger partial charge >= 0.3 is 11.9 Å². The highest BCUT2D eigenvalue weighted by Gasteiger charge is 2.19. The lowest BCUT2D eigenvalue weighted by molar-refractivity contribution is -0.154. The van der Waals surface area contributed by atoms with Gasteiger partial charge in [0.15, 0.2) is 6.61 Å². The van der Waals surface area contributed by atoms with Crippen molar-refractivity contribution in [2.45, 2.75) is 6.92 Å². The smallest absolute Gasteiger partial charge is 0.330 e. The Morgan fingerprint density at radius 3 is 2.05 bits per heavy atom. The molecule has 0 rings (SSSR count). The van der Waals surface area contributed by atoms with Crippen LogP contribution in [0.1, 0.15) is 6.92 Å². The summed E-state index contributed by atoms with van der Waals surface area (Å²) in [5, 5.41) is 0. The molecule has 0 aliphatic rings. The normalized spacial score (nSPS) is 9.11. The first-order valence-corrected chi connectivity index (χ1v) is 5.31. The molecule has 0 aromatic heterocycles. The lowest BCUT2D eigenvalue weighted by Crippen LogP contribution is -2.40. The minimum absolute atomic E-state index is 0.126. The van der Waals surface area contributed by atoms with Crippen LogP contribution in [0.4, 0.5) is 0 Å². The van der Waals surface area contributed by atoms with Crippen LogP contribution in [-0.2, 0) is 28.7 Å². The molecule has 2 amide bonds. The molecule has 0 aromatic rings. The van der Waals surface area contributed by atoms with Gasteiger partial charge in [-0.1, -0.05) is 13.2 Å². The van der Waals surface area contributed by atoms with Crippen LogP contribution in [-0.4, -0.2) is 48.4 Å². The van der Waals surface area contributed by atoms with Crippen LogP contribution >= 0.6 is 0 Å². The van der Waals surface area contributed by atoms with E-state index >= 15 is 0 Å². The monoisotopic (exact) mass is 269 g/mol. The largest absolute Gasteiger partial charge is 0.461 e. The summed E-state index contributed by atoms with van der Waals surface area (Å²) in [5.74, 6) is -2.68. The van der Waals surface area contributed by atoms with E-state index in [0.717, 1.165) is 17.1 Å². The highest BCUT2D eigenvalue weighted by atomic mass is 16.5. The first-order chi connectivity index (χ1) is 8.92. The van der Waals surface area contributed by atoms with Crippen molar-refractivity contribution in [1.29, 1.82) is 0 Å². The summed E-state index contributed by atoms with van der Waals surface area (Å²) in [4.78, 5) is 45.2. The van der Waals surface area contributed by atoms with Gasteiger partial charge in [-0.2, -0.15) is 0 Å². The molecular formula is C12H15NO6. The van der Waals surface area contributed by atoms with Crippen LogP contribution < -0.4 is 0 Å². The minimum Gasteiger partial charge on any atom is -0.461 e. The van der Waals surface area contributed by atoms with Gasteiger partial charge in [0.05, 0.1) is 6.54 Å². The highest BCUT2D eigenvalue weighted by Crippen LogP contribution is 1.94. The van der Waals surface area contributed by atoms with Gasteiger partial charge in [0.1, 0.15) is 6.61 Å². The molecule has 7 heteroatoms. The number of nitrogens with zero attached hydrogens (tertiary/aromatic N) is 1. The van der Waals surface area contributed by atoms with Crippen LogP contribution in [0.15, 0.2) is 25.3 Å². The van der Waals surface area contributed by atoms with Crippen LogP contribution in [0.25, 0.3) is 0 Å². The fourth-order valence-electron chi connectivity index (χ4n) is 1.02. The average molecular weight is 269 g/mol. The fourth-order valence-corrected chi connectivity index (χ4v) is 1.02. The quantitative estimate of drug-likeness (QED) is 0.470. The van der Waals surface area contributed by atoms with Crippen LogP contribution in [0.2, 0.25) is 0 Å². The summed E-state index contributed by atoms with van der Waals surface area (Å²) in [6, 6.07) is 0. The molecule has 0 N–H and O–H groups in total. The Kier molecular flexibility index (Phi) is 7.51. The lowest BCUT2D eigenvalue weighted by Gasteiger charge is -2.18. The van der Waals surface area contributed by atoms with E-state index < -0.39 is 30.4 Å². The van der Waals surface area contributed by atoms with Crippen LogP contribution in [0, 0.1) is 0 Å². The number of hydrogen-bond donors (Lipinski definition) is 0. The van der Waals surface area contributed by atoms with Gasteiger partial charge in [-0.05, 0) is 0 Å². The summed E-state index contributed by atoms with van der Waals surface area (Å²) >= 11 is 0. The Labute approximate surface area is 110 Å². The number of amides is 2. The molecule has 0 aliphatic carbocycles. The van der Waals surface area contributed by atoms with Gasteiger partial charge in [0, 0.05) is 19.1 Å². The number of carbonyl (C=O) groups is 4. The van der Waals surface area contributed by atoms with Crippen LogP contribution in [0.3, 0.4) is 0 Å². The SMILES string of the molecule is C=CC(=O)OCCN(C(C)=O)C(=O)COC(=O)C=C. The van der Waals surface area contributed by atoms with E-state index in [9.17, 15) is 19.2 Å². The average Bonchev–Trinajstić information content (AvgIpc) is 2.39. The third kappa shape index (κ3) is 6.77. The molecule has 0 aliphatic heterocycles. The van der Waals surface area contributed by atoms with E-state index in [1.54, 1.807) is 0 Å². The Balaban J connectivity index is 4.31. The van der Waals surface area contributed by atoms with Gasteiger partial charge in [0.2, 0.25) is 5.91 Å². The zero-order valence-electron chi connectivity index (χ0n) is 10.6. The molecule has 19 heavy (non-hydrogen) atoms. The molecule has 0 spiro atoms. The minimum atomic E-state index is -0.769. The zero-order valence-corrected chi connectivity index (χ0v) is 10.6. The molecule has 104 valence electrons. The van der Waals surface area contributed by atoms with E-state index in [4.69, 9.17) is 0 Å². The van der Waals surface area contributed by atoms with E-state index in [0.29, 0.717) is 0 Å². The third-order valence-electron chi connectivity index (χ3n) is 1.91. The summed E-state index contributed by atoms with van der Waals surface area (Å²) in [6.07, 6.45) is 1.86. The number of ether oxygens (including phenoxy) is 2. The van der Waals surface area contributed by atoms with Gasteiger partial charge in [-0.15, -0.1) is 0 Å². The van der Waals surface area contributed by atoms with Crippen molar-refractivity contribution in [1.82, 2.24) is 4.90 Å². The van der Waals surface area contributed by atoms with Crippen molar-refractivity contribution in [3.05, 3.63) is 25.3 Å². The van der Waals surface area contributed by atoms with Crippen molar-refractivity contribution in [3.8, 4) is 0 Å². The standard InChI is InChI=1S/C12H15NO6/c1-4-11(16)18-7-6-13(9(3)14)10(15)8-19-12(17)5-2/h4-5H,1-2,6-8H2,3H3. The number of carbonyl (C=O) groups excluding carboxylic acids is 4. The van der Waals surface area contributed by atoms with Crippen LogP contribution in [0.5, 0.6) is 0 Å². The van der Waals surface area contributed by atoms with Crippen molar-refractivity contribution < 1.29 is 28.7 Å². The van der Waals surface area contributed by atoms with Crippen molar-refractivity contribution in [2.24, 2.45) is 0 Å². The Hall–Kier alpha value is -2.44. The Morgan fingerprint density at radius 2 is 1.58 bits per heavy atom. The van der Waals surface area contributed by atoms with E-state index in [2.05, 4.69) is 22.6 Å². The number of hydrogen-bond acceptors (Lipinski definition) is 6. The maximum Gasteiger partial charge on any atom is 0.330 e. The molecule has 0 bridgehead atoms. The third-order valence-corrected chi connectivity index (χ3v) is 1.91. The molecule has 0 unspecified atom stereocenters. The first kappa shape index (κ1) is 16.6. The van der Waals surface area contributed by atoms with Crippen molar-refractivity contribution in [3.63, 3.8) is 0 Å². The summed E-state index contributed by atoms with van der Waals surface area (Å²) < 4.78 is 9.15. The van der Waals surface area contributed by atoms with E-state index in [-0.39, 0.29) is 13.2 Å². The molecule has 0 atom stereocenters. The maximum absolute atomic E-state index is 11.6. The van der Waals surface area contributed by atoms with Crippen molar-refractivity contribution >= 4 is 23.8 Å². The zero-order chi connectivity index (χ0) is 14.8. The Bertz CT molecular complexity index is 401. The van der Waals surface area contributed by atoms with Gasteiger partial charge in [-0.25, -0.2) is 9.59 Å². The maximum atomic E-state index is 11.6. The summed E-state index contributed by atoms with van der Waals surface area (Å²) in [5.41, 5.74) is 0. The van der Waals surface area contributed by atoms with Gasteiger partial charge in [-0.3, -0.25) is 14.5 Å². The summed E-state index contributed by atoms with van der Waals surface area (Å²) in [7, 11) is 0. The van der Waals surface area contributed by atoms with Gasteiger partial charge in [0.25, 0.3) is 5.91 Å². The molecule has 0 fully saturated rings. The lowest BCUT2D eigenvalue weighted by atomic mass is 10.4. The fraction of sp³-hybridized carbons (Fsp3) is 0.333. The Morgan fingerprint density at radius 1 is 1.05 bits per heavy atom. The molecule has 0 heterocycles. The number of imide groups is 1. The molecule has 7 nitrogen and oxygen atoms in total. The first-order valence-electron chi connectivity index (χ1n) is 5.31. The predicted octanol–water partition coefficient (Wildman–Crippen LogP) is -0.180. The molecule has 0 saturated carbocycles. The van der Waals surface area contributed by atoms with E-state index in [1.807, 2.05) is 0 Å². The molecule has 0 aromatic carbocycles. The molecule has 0 saturated heterocycles.